The fourth-order valence-corrected chi connectivity index (χ4v) is 2.15. The summed E-state index contributed by atoms with van der Waals surface area (Å²) in [5.41, 5.74) is 0. The Labute approximate surface area is 105 Å². The summed E-state index contributed by atoms with van der Waals surface area (Å²) >= 11 is 0. The van der Waals surface area contributed by atoms with Crippen LogP contribution in [0.4, 0.5) is 0 Å². The largest absolute Gasteiger partial charge is 0.377 e. The number of amides is 1. The number of carbonyl (C=O) groups excluding carboxylic acids is 1. The Morgan fingerprint density at radius 1 is 1.47 bits per heavy atom. The topological polar surface area (TPSA) is 29.5 Å². The van der Waals surface area contributed by atoms with Gasteiger partial charge in [0.15, 0.2) is 0 Å². The third kappa shape index (κ3) is 5.35. The second-order valence-corrected chi connectivity index (χ2v) is 4.75. The van der Waals surface area contributed by atoms with Crippen LogP contribution in [0.1, 0.15) is 39.0 Å². The number of unbranched alkanes of at least 4 members (excludes halogenated alkanes) is 1. The standard InChI is InChI=1S/C14H25NO2/c1-3-5-6-14(16)15-9-7-13(8-10-15)12-17-11-4-2/h4,13H,2-3,5-12H2,1H3. The molecule has 0 aromatic carbocycles. The maximum atomic E-state index is 11.8. The first-order valence-corrected chi connectivity index (χ1v) is 6.74. The zero-order valence-electron chi connectivity index (χ0n) is 11.0. The van der Waals surface area contributed by atoms with Gasteiger partial charge >= 0.3 is 0 Å². The quantitative estimate of drug-likeness (QED) is 0.505. The van der Waals surface area contributed by atoms with Crippen LogP contribution in [0.2, 0.25) is 0 Å². The summed E-state index contributed by atoms with van der Waals surface area (Å²) in [6, 6.07) is 0. The first-order chi connectivity index (χ1) is 8.27. The van der Waals surface area contributed by atoms with Gasteiger partial charge in [-0.2, -0.15) is 0 Å². The first-order valence-electron chi connectivity index (χ1n) is 6.74. The van der Waals surface area contributed by atoms with Crippen LogP contribution in [0.5, 0.6) is 0 Å². The van der Waals surface area contributed by atoms with Gasteiger partial charge in [-0.3, -0.25) is 4.79 Å². The molecule has 1 aliphatic rings. The summed E-state index contributed by atoms with van der Waals surface area (Å²) in [6.07, 6.45) is 6.76. The summed E-state index contributed by atoms with van der Waals surface area (Å²) in [7, 11) is 0. The van der Waals surface area contributed by atoms with E-state index < -0.39 is 0 Å². The van der Waals surface area contributed by atoms with Crippen molar-refractivity contribution in [3.63, 3.8) is 0 Å². The summed E-state index contributed by atoms with van der Waals surface area (Å²) < 4.78 is 5.46. The number of hydrogen-bond donors (Lipinski definition) is 0. The molecule has 3 nitrogen and oxygen atoms in total. The number of hydrogen-bond acceptors (Lipinski definition) is 2. The second kappa shape index (κ2) is 8.29. The summed E-state index contributed by atoms with van der Waals surface area (Å²) in [4.78, 5) is 13.8. The third-order valence-corrected chi connectivity index (χ3v) is 3.30. The van der Waals surface area contributed by atoms with Gasteiger partial charge in [0.1, 0.15) is 0 Å². The molecular weight excluding hydrogens is 214 g/mol. The Balaban J connectivity index is 2.16. The minimum atomic E-state index is 0.331. The van der Waals surface area contributed by atoms with E-state index in [1.54, 1.807) is 6.08 Å². The van der Waals surface area contributed by atoms with Gasteiger partial charge in [-0.25, -0.2) is 0 Å². The summed E-state index contributed by atoms with van der Waals surface area (Å²) in [5.74, 6) is 0.947. The molecule has 0 aromatic rings. The van der Waals surface area contributed by atoms with E-state index in [9.17, 15) is 4.79 Å². The average Bonchev–Trinajstić information content (AvgIpc) is 2.37. The molecule has 1 heterocycles. The Hall–Kier alpha value is -0.830. The Morgan fingerprint density at radius 3 is 2.76 bits per heavy atom. The van der Waals surface area contributed by atoms with Crippen molar-refractivity contribution in [3.8, 4) is 0 Å². The van der Waals surface area contributed by atoms with Crippen molar-refractivity contribution < 1.29 is 9.53 Å². The minimum Gasteiger partial charge on any atom is -0.377 e. The zero-order valence-corrected chi connectivity index (χ0v) is 11.0. The molecule has 0 atom stereocenters. The lowest BCUT2D eigenvalue weighted by atomic mass is 9.97. The van der Waals surface area contributed by atoms with Crippen molar-refractivity contribution in [2.24, 2.45) is 5.92 Å². The molecule has 1 saturated heterocycles. The highest BCUT2D eigenvalue weighted by Crippen LogP contribution is 2.18. The summed E-state index contributed by atoms with van der Waals surface area (Å²) in [5, 5.41) is 0. The maximum absolute atomic E-state index is 11.8. The average molecular weight is 239 g/mol. The molecule has 0 spiro atoms. The van der Waals surface area contributed by atoms with E-state index in [0.717, 1.165) is 45.4 Å². The fraction of sp³-hybridized carbons (Fsp3) is 0.786. The van der Waals surface area contributed by atoms with Gasteiger partial charge in [0, 0.05) is 26.1 Å². The van der Waals surface area contributed by atoms with E-state index in [4.69, 9.17) is 4.74 Å². The molecule has 0 unspecified atom stereocenters. The molecule has 17 heavy (non-hydrogen) atoms. The summed E-state index contributed by atoms with van der Waals surface area (Å²) in [6.45, 7) is 9.01. The van der Waals surface area contributed by atoms with Crippen molar-refractivity contribution in [3.05, 3.63) is 12.7 Å². The molecule has 0 N–H and O–H groups in total. The number of nitrogens with zero attached hydrogens (tertiary/aromatic N) is 1. The van der Waals surface area contributed by atoms with Crippen molar-refractivity contribution in [2.75, 3.05) is 26.3 Å². The molecule has 0 aliphatic carbocycles. The van der Waals surface area contributed by atoms with Gasteiger partial charge in [0.05, 0.1) is 6.61 Å². The highest BCUT2D eigenvalue weighted by atomic mass is 16.5. The molecule has 0 saturated carbocycles. The lowest BCUT2D eigenvalue weighted by Crippen LogP contribution is -2.39. The zero-order chi connectivity index (χ0) is 12.5. The normalized spacial score (nSPS) is 17.1. The number of ether oxygens (including phenoxy) is 1. The van der Waals surface area contributed by atoms with Crippen LogP contribution in [0.25, 0.3) is 0 Å². The van der Waals surface area contributed by atoms with Gasteiger partial charge in [-0.05, 0) is 25.2 Å². The molecule has 0 radical (unpaired) electrons. The van der Waals surface area contributed by atoms with Crippen molar-refractivity contribution in [1.29, 1.82) is 0 Å². The maximum Gasteiger partial charge on any atom is 0.222 e. The Morgan fingerprint density at radius 2 is 2.18 bits per heavy atom. The van der Waals surface area contributed by atoms with E-state index in [1.165, 1.54) is 0 Å². The number of carbonyl (C=O) groups is 1. The smallest absolute Gasteiger partial charge is 0.222 e. The second-order valence-electron chi connectivity index (χ2n) is 4.75. The molecule has 1 aliphatic heterocycles. The van der Waals surface area contributed by atoms with Crippen molar-refractivity contribution in [2.45, 2.75) is 39.0 Å². The van der Waals surface area contributed by atoms with Gasteiger partial charge in [0.25, 0.3) is 0 Å². The van der Waals surface area contributed by atoms with Crippen LogP contribution >= 0.6 is 0 Å². The lowest BCUT2D eigenvalue weighted by Gasteiger charge is -2.31. The van der Waals surface area contributed by atoms with E-state index >= 15 is 0 Å². The van der Waals surface area contributed by atoms with Gasteiger partial charge in [-0.1, -0.05) is 19.4 Å². The molecule has 0 aromatic heterocycles. The molecular formula is C14H25NO2. The van der Waals surface area contributed by atoms with Crippen LogP contribution in [-0.4, -0.2) is 37.1 Å². The SMILES string of the molecule is C=CCOCC1CCN(C(=O)CCCC)CC1. The first kappa shape index (κ1) is 14.2. The van der Waals surface area contributed by atoms with Gasteiger partial charge < -0.3 is 9.64 Å². The van der Waals surface area contributed by atoms with Gasteiger partial charge in [0.2, 0.25) is 5.91 Å². The van der Waals surface area contributed by atoms with Gasteiger partial charge in [-0.15, -0.1) is 6.58 Å². The fourth-order valence-electron chi connectivity index (χ4n) is 2.15. The highest BCUT2D eigenvalue weighted by molar-refractivity contribution is 5.76. The molecule has 98 valence electrons. The number of rotatable bonds is 7. The predicted octanol–water partition coefficient (Wildman–Crippen LogP) is 2.62. The van der Waals surface area contributed by atoms with E-state index in [1.807, 2.05) is 4.90 Å². The monoisotopic (exact) mass is 239 g/mol. The number of piperidine rings is 1. The van der Waals surface area contributed by atoms with Crippen molar-refractivity contribution in [1.82, 2.24) is 4.90 Å². The minimum absolute atomic E-state index is 0.331. The molecule has 3 heteroatoms. The molecule has 1 amide bonds. The molecule has 1 rings (SSSR count). The van der Waals surface area contributed by atoms with Crippen LogP contribution in [0.15, 0.2) is 12.7 Å². The van der Waals surface area contributed by atoms with Crippen molar-refractivity contribution >= 4 is 5.91 Å². The number of likely N-dealkylation sites (tertiary alicyclic amines) is 1. The van der Waals surface area contributed by atoms with Crippen LogP contribution < -0.4 is 0 Å². The van der Waals surface area contributed by atoms with Crippen LogP contribution in [-0.2, 0) is 9.53 Å². The van der Waals surface area contributed by atoms with E-state index in [0.29, 0.717) is 24.9 Å². The molecule has 1 fully saturated rings. The van der Waals surface area contributed by atoms with Crippen LogP contribution in [0.3, 0.4) is 0 Å². The highest BCUT2D eigenvalue weighted by Gasteiger charge is 2.22. The predicted molar refractivity (Wildman–Crippen MR) is 69.8 cm³/mol. The third-order valence-electron chi connectivity index (χ3n) is 3.30. The van der Waals surface area contributed by atoms with E-state index in [-0.39, 0.29) is 0 Å². The lowest BCUT2D eigenvalue weighted by molar-refractivity contribution is -0.133. The Kier molecular flexibility index (Phi) is 6.94. The van der Waals surface area contributed by atoms with E-state index in [2.05, 4.69) is 13.5 Å². The Bertz CT molecular complexity index is 232. The molecule has 0 bridgehead atoms. The van der Waals surface area contributed by atoms with Crippen LogP contribution in [0, 0.1) is 5.92 Å².